The molecule has 1 fully saturated rings. The molecule has 1 aliphatic rings. The van der Waals surface area contributed by atoms with Gasteiger partial charge < -0.3 is 14.4 Å². The fraction of sp³-hybridized carbons (Fsp3) is 0.353. The van der Waals surface area contributed by atoms with Crippen LogP contribution in [0.25, 0.3) is 10.4 Å². The van der Waals surface area contributed by atoms with Gasteiger partial charge in [0.05, 0.1) is 25.9 Å². The van der Waals surface area contributed by atoms with E-state index >= 15 is 0 Å². The molecule has 4 nitrogen and oxygen atoms in total. The number of thiophene rings is 1. The fourth-order valence-electron chi connectivity index (χ4n) is 2.47. The van der Waals surface area contributed by atoms with Gasteiger partial charge in [0.25, 0.3) is 5.91 Å². The Morgan fingerprint density at radius 2 is 2.09 bits per heavy atom. The van der Waals surface area contributed by atoms with Crippen molar-refractivity contribution in [2.45, 2.75) is 6.10 Å². The molecule has 116 valence electrons. The highest BCUT2D eigenvalue weighted by Crippen LogP contribution is 2.24. The van der Waals surface area contributed by atoms with E-state index in [1.807, 2.05) is 30.3 Å². The summed E-state index contributed by atoms with van der Waals surface area (Å²) < 4.78 is 10.9. The first-order chi connectivity index (χ1) is 10.7. The van der Waals surface area contributed by atoms with Crippen LogP contribution >= 0.6 is 11.3 Å². The molecule has 0 spiro atoms. The van der Waals surface area contributed by atoms with Gasteiger partial charge in [-0.05, 0) is 29.1 Å². The third-order valence-electron chi connectivity index (χ3n) is 3.65. The first kappa shape index (κ1) is 15.2. The summed E-state index contributed by atoms with van der Waals surface area (Å²) in [5.41, 5.74) is 1.83. The van der Waals surface area contributed by atoms with Gasteiger partial charge in [0.2, 0.25) is 0 Å². The van der Waals surface area contributed by atoms with Crippen LogP contribution in [0.15, 0.2) is 41.8 Å². The molecule has 1 aliphatic heterocycles. The zero-order chi connectivity index (χ0) is 15.4. The number of nitrogens with zero attached hydrogens (tertiary/aromatic N) is 1. The summed E-state index contributed by atoms with van der Waals surface area (Å²) in [6.07, 6.45) is -0.0342. The van der Waals surface area contributed by atoms with Crippen molar-refractivity contribution >= 4 is 17.2 Å². The standard InChI is InChI=1S/C17H19NO3S/c1-18(11-15-12-20-8-9-21-15)17(19)14-6-4-13(5-7-14)16-3-2-10-22-16/h2-7,10,15H,8-9,11-12H2,1H3/t15-/m0/s1. The minimum Gasteiger partial charge on any atom is -0.376 e. The van der Waals surface area contributed by atoms with E-state index in [1.165, 1.54) is 4.88 Å². The molecule has 2 aromatic rings. The lowest BCUT2D eigenvalue weighted by Crippen LogP contribution is -2.40. The van der Waals surface area contributed by atoms with Crippen LogP contribution in [-0.4, -0.2) is 50.3 Å². The lowest BCUT2D eigenvalue weighted by atomic mass is 10.1. The molecule has 0 N–H and O–H groups in total. The third-order valence-corrected chi connectivity index (χ3v) is 4.57. The smallest absolute Gasteiger partial charge is 0.253 e. The van der Waals surface area contributed by atoms with Crippen LogP contribution in [0.1, 0.15) is 10.4 Å². The molecule has 1 aromatic carbocycles. The van der Waals surface area contributed by atoms with Crippen molar-refractivity contribution in [3.05, 3.63) is 47.3 Å². The van der Waals surface area contributed by atoms with Gasteiger partial charge in [0.15, 0.2) is 0 Å². The highest BCUT2D eigenvalue weighted by Gasteiger charge is 2.20. The second-order valence-electron chi connectivity index (χ2n) is 5.31. The summed E-state index contributed by atoms with van der Waals surface area (Å²) in [6, 6.07) is 11.9. The number of hydrogen-bond acceptors (Lipinski definition) is 4. The number of likely N-dealkylation sites (N-methyl/N-ethyl adjacent to an activating group) is 1. The van der Waals surface area contributed by atoms with Crippen LogP contribution in [0.3, 0.4) is 0 Å². The van der Waals surface area contributed by atoms with E-state index in [0.717, 1.165) is 5.56 Å². The summed E-state index contributed by atoms with van der Waals surface area (Å²) in [5.74, 6) is 0.00639. The Labute approximate surface area is 134 Å². The van der Waals surface area contributed by atoms with E-state index in [1.54, 1.807) is 23.3 Å². The molecule has 1 aromatic heterocycles. The molecule has 1 saturated heterocycles. The first-order valence-electron chi connectivity index (χ1n) is 7.33. The van der Waals surface area contributed by atoms with Crippen LogP contribution in [0.5, 0.6) is 0 Å². The number of carbonyl (C=O) groups excluding carboxylic acids is 1. The van der Waals surface area contributed by atoms with Crippen LogP contribution < -0.4 is 0 Å². The molecule has 0 radical (unpaired) electrons. The SMILES string of the molecule is CN(C[C@H]1COCCO1)C(=O)c1ccc(-c2cccs2)cc1. The van der Waals surface area contributed by atoms with Gasteiger partial charge >= 0.3 is 0 Å². The predicted molar refractivity (Wildman–Crippen MR) is 87.3 cm³/mol. The summed E-state index contributed by atoms with van der Waals surface area (Å²) in [6.45, 7) is 2.33. The molecule has 0 unspecified atom stereocenters. The molecule has 0 saturated carbocycles. The van der Waals surface area contributed by atoms with Crippen LogP contribution in [0.2, 0.25) is 0 Å². The highest BCUT2D eigenvalue weighted by atomic mass is 32.1. The number of rotatable bonds is 4. The molecule has 0 aliphatic carbocycles. The van der Waals surface area contributed by atoms with Crippen molar-refractivity contribution in [1.82, 2.24) is 4.90 Å². The number of hydrogen-bond donors (Lipinski definition) is 0. The first-order valence-corrected chi connectivity index (χ1v) is 8.21. The lowest BCUT2D eigenvalue weighted by Gasteiger charge is -2.27. The maximum atomic E-state index is 12.4. The second-order valence-corrected chi connectivity index (χ2v) is 6.26. The summed E-state index contributed by atoms with van der Waals surface area (Å²) in [7, 11) is 1.80. The Bertz CT molecular complexity index is 603. The average molecular weight is 317 g/mol. The number of amides is 1. The maximum Gasteiger partial charge on any atom is 0.253 e. The minimum atomic E-state index is -0.0342. The molecule has 0 bridgehead atoms. The Morgan fingerprint density at radius 1 is 1.27 bits per heavy atom. The van der Waals surface area contributed by atoms with Crippen molar-refractivity contribution in [2.24, 2.45) is 0 Å². The Kier molecular flexibility index (Phi) is 4.87. The molecule has 5 heteroatoms. The zero-order valence-electron chi connectivity index (χ0n) is 12.5. The van der Waals surface area contributed by atoms with E-state index < -0.39 is 0 Å². The average Bonchev–Trinajstić information content (AvgIpc) is 3.10. The van der Waals surface area contributed by atoms with Crippen molar-refractivity contribution in [3.63, 3.8) is 0 Å². The second kappa shape index (κ2) is 7.05. The van der Waals surface area contributed by atoms with E-state index in [4.69, 9.17) is 9.47 Å². The Morgan fingerprint density at radius 3 is 2.73 bits per heavy atom. The highest BCUT2D eigenvalue weighted by molar-refractivity contribution is 7.13. The van der Waals surface area contributed by atoms with E-state index in [2.05, 4.69) is 11.4 Å². The maximum absolute atomic E-state index is 12.4. The van der Waals surface area contributed by atoms with Crippen molar-refractivity contribution in [1.29, 1.82) is 0 Å². The number of ether oxygens (including phenoxy) is 2. The van der Waals surface area contributed by atoms with Crippen LogP contribution in [0, 0.1) is 0 Å². The lowest BCUT2D eigenvalue weighted by molar-refractivity contribution is -0.0933. The Hall–Kier alpha value is -1.69. The molecule has 3 rings (SSSR count). The van der Waals surface area contributed by atoms with Crippen molar-refractivity contribution < 1.29 is 14.3 Å². The van der Waals surface area contributed by atoms with Gasteiger partial charge in [0.1, 0.15) is 0 Å². The minimum absolute atomic E-state index is 0.00639. The summed E-state index contributed by atoms with van der Waals surface area (Å²) >= 11 is 1.69. The number of carbonyl (C=O) groups is 1. The quantitative estimate of drug-likeness (QED) is 0.870. The predicted octanol–water partition coefficient (Wildman–Crippen LogP) is 2.90. The topological polar surface area (TPSA) is 38.8 Å². The van der Waals surface area contributed by atoms with Gasteiger partial charge in [-0.2, -0.15) is 0 Å². The van der Waals surface area contributed by atoms with Gasteiger partial charge in [0, 0.05) is 24.0 Å². The van der Waals surface area contributed by atoms with E-state index in [0.29, 0.717) is 31.9 Å². The fourth-order valence-corrected chi connectivity index (χ4v) is 3.20. The van der Waals surface area contributed by atoms with Crippen molar-refractivity contribution in [3.8, 4) is 10.4 Å². The Balaban J connectivity index is 1.63. The molecule has 1 amide bonds. The van der Waals surface area contributed by atoms with Gasteiger partial charge in [-0.25, -0.2) is 0 Å². The monoisotopic (exact) mass is 317 g/mol. The van der Waals surface area contributed by atoms with E-state index in [9.17, 15) is 4.79 Å². The largest absolute Gasteiger partial charge is 0.376 e. The molecular formula is C17H19NO3S. The van der Waals surface area contributed by atoms with Gasteiger partial charge in [-0.15, -0.1) is 11.3 Å². The van der Waals surface area contributed by atoms with Crippen LogP contribution in [-0.2, 0) is 9.47 Å². The zero-order valence-corrected chi connectivity index (χ0v) is 13.3. The third kappa shape index (κ3) is 3.55. The van der Waals surface area contributed by atoms with Gasteiger partial charge in [-0.1, -0.05) is 18.2 Å². The molecular weight excluding hydrogens is 298 g/mol. The van der Waals surface area contributed by atoms with Gasteiger partial charge in [-0.3, -0.25) is 4.79 Å². The molecule has 2 heterocycles. The normalized spacial score (nSPS) is 18.1. The molecule has 22 heavy (non-hydrogen) atoms. The van der Waals surface area contributed by atoms with E-state index in [-0.39, 0.29) is 12.0 Å². The van der Waals surface area contributed by atoms with Crippen LogP contribution in [0.4, 0.5) is 0 Å². The summed E-state index contributed by atoms with van der Waals surface area (Å²) in [4.78, 5) is 15.4. The number of benzene rings is 1. The van der Waals surface area contributed by atoms with Crippen molar-refractivity contribution in [2.75, 3.05) is 33.4 Å². The summed E-state index contributed by atoms with van der Waals surface area (Å²) in [5, 5.41) is 2.05. The molecule has 1 atom stereocenters.